The number of hydrogen-bond acceptors (Lipinski definition) is 4. The van der Waals surface area contributed by atoms with E-state index in [2.05, 4.69) is 14.7 Å². The van der Waals surface area contributed by atoms with Crippen LogP contribution in [-0.2, 0) is 6.42 Å². The molecule has 0 amide bonds. The third kappa shape index (κ3) is 1.80. The van der Waals surface area contributed by atoms with Gasteiger partial charge >= 0.3 is 0 Å². The van der Waals surface area contributed by atoms with Crippen molar-refractivity contribution in [2.45, 2.75) is 6.42 Å². The van der Waals surface area contributed by atoms with Crippen molar-refractivity contribution < 1.29 is 4.52 Å². The molecule has 4 nitrogen and oxygen atoms in total. The van der Waals surface area contributed by atoms with Gasteiger partial charge in [0.15, 0.2) is 5.82 Å². The second-order valence-electron chi connectivity index (χ2n) is 2.62. The molecule has 3 rings (SSSR count). The van der Waals surface area contributed by atoms with E-state index >= 15 is 0 Å². The molecule has 0 unspecified atom stereocenters. The van der Waals surface area contributed by atoms with Crippen molar-refractivity contribution in [3.63, 3.8) is 0 Å². The summed E-state index contributed by atoms with van der Waals surface area (Å²) in [5, 5.41) is 3.52. The van der Waals surface area contributed by atoms with Gasteiger partial charge in [0, 0.05) is 0 Å². The highest BCUT2D eigenvalue weighted by Gasteiger charge is 2.17. The first-order valence-electron chi connectivity index (χ1n) is 3.11. The molecule has 1 aromatic heterocycles. The van der Waals surface area contributed by atoms with Gasteiger partial charge in [-0.15, -0.1) is 0 Å². The van der Waals surface area contributed by atoms with Crippen LogP contribution < -0.4 is 0 Å². The van der Waals surface area contributed by atoms with E-state index in [1.807, 2.05) is 26.0 Å². The Labute approximate surface area is 59.8 Å². The summed E-state index contributed by atoms with van der Waals surface area (Å²) >= 11 is 0. The van der Waals surface area contributed by atoms with Gasteiger partial charge in [-0.1, -0.05) is 5.16 Å². The maximum Gasteiger partial charge on any atom is 0.234 e. The van der Waals surface area contributed by atoms with E-state index in [1.165, 1.54) is 0 Å². The Balaban J connectivity index is 0.000000112. The second-order valence-corrected chi connectivity index (χ2v) is 2.62. The molecule has 0 fully saturated rings. The predicted octanol–water partition coefficient (Wildman–Crippen LogP) is 0.152. The number of rotatable bonds is 0. The lowest BCUT2D eigenvalue weighted by atomic mass is 10.3. The van der Waals surface area contributed by atoms with Gasteiger partial charge in [0.1, 0.15) is 0 Å². The van der Waals surface area contributed by atoms with E-state index in [4.69, 9.17) is 0 Å². The molecule has 10 heavy (non-hydrogen) atoms. The van der Waals surface area contributed by atoms with Crippen molar-refractivity contribution in [1.82, 2.24) is 15.0 Å². The Hall–Kier alpha value is -0.900. The fraction of sp³-hybridized carbons (Fsp3) is 0.667. The van der Waals surface area contributed by atoms with Crippen LogP contribution in [0.5, 0.6) is 0 Å². The molecule has 1 aromatic rings. The van der Waals surface area contributed by atoms with Crippen LogP contribution in [0.15, 0.2) is 4.52 Å². The Morgan fingerprint density at radius 2 is 1.90 bits per heavy atom. The van der Waals surface area contributed by atoms with Gasteiger partial charge in [-0.3, -0.25) is 0 Å². The van der Waals surface area contributed by atoms with Crippen LogP contribution in [0.25, 0.3) is 0 Å². The first kappa shape index (κ1) is 7.21. The van der Waals surface area contributed by atoms with E-state index in [1.54, 1.807) is 0 Å². The minimum Gasteiger partial charge on any atom is -0.339 e. The standard InChI is InChI=1S/C3H2N2O.C3H9N/c1-2-4-3(1)6-5-2;1-4(2)3/h1H2;1-3H3. The quantitative estimate of drug-likeness (QED) is 0.523. The molecule has 0 aliphatic carbocycles. The molecule has 0 radical (unpaired) electrons. The minimum atomic E-state index is 0.769. The first-order chi connectivity index (χ1) is 4.68. The van der Waals surface area contributed by atoms with Crippen LogP contribution in [0, 0.1) is 0 Å². The van der Waals surface area contributed by atoms with Crippen molar-refractivity contribution >= 4 is 0 Å². The van der Waals surface area contributed by atoms with Gasteiger partial charge < -0.3 is 9.42 Å². The zero-order chi connectivity index (χ0) is 7.56. The topological polar surface area (TPSA) is 42.2 Å². The number of nitrogens with zero attached hydrogens (tertiary/aromatic N) is 3. The number of hydrogen-bond donors (Lipinski definition) is 0. The maximum atomic E-state index is 4.56. The molecular weight excluding hydrogens is 130 g/mol. The summed E-state index contributed by atoms with van der Waals surface area (Å²) in [7, 11) is 6.00. The molecule has 0 saturated carbocycles. The summed E-state index contributed by atoms with van der Waals surface area (Å²) in [6, 6.07) is 0. The zero-order valence-corrected chi connectivity index (χ0v) is 6.46. The lowest BCUT2D eigenvalue weighted by Crippen LogP contribution is -1.99. The molecule has 3 heterocycles. The third-order valence-corrected chi connectivity index (χ3v) is 0.819. The van der Waals surface area contributed by atoms with Crippen LogP contribution in [0.1, 0.15) is 11.7 Å². The number of fused-ring (bicyclic) bond motifs is 1. The molecule has 56 valence electrons. The number of aromatic nitrogens is 2. The van der Waals surface area contributed by atoms with E-state index in [-0.39, 0.29) is 0 Å². The SMILES string of the molecule is C1c2noc1n2.CN(C)C. The molecule has 2 aliphatic rings. The van der Waals surface area contributed by atoms with Gasteiger partial charge in [0.2, 0.25) is 5.89 Å². The highest BCUT2D eigenvalue weighted by Crippen LogP contribution is 2.11. The fourth-order valence-electron chi connectivity index (χ4n) is 0.478. The summed E-state index contributed by atoms with van der Waals surface area (Å²) in [6.07, 6.45) is 0.861. The fourth-order valence-corrected chi connectivity index (χ4v) is 0.478. The van der Waals surface area contributed by atoms with Gasteiger partial charge in [-0.25, -0.2) is 0 Å². The van der Waals surface area contributed by atoms with Crippen LogP contribution in [-0.4, -0.2) is 36.2 Å². The van der Waals surface area contributed by atoms with Crippen LogP contribution >= 0.6 is 0 Å². The molecule has 0 N–H and O–H groups in total. The maximum absolute atomic E-state index is 4.56. The summed E-state index contributed by atoms with van der Waals surface area (Å²) < 4.78 is 4.56. The highest BCUT2D eigenvalue weighted by molar-refractivity contribution is 5.04. The zero-order valence-electron chi connectivity index (χ0n) is 6.46. The summed E-state index contributed by atoms with van der Waals surface area (Å²) in [5.74, 6) is 1.61. The Bertz CT molecular complexity index is 180. The van der Waals surface area contributed by atoms with Gasteiger partial charge in [0.25, 0.3) is 0 Å². The lowest BCUT2D eigenvalue weighted by Gasteiger charge is -1.90. The highest BCUT2D eigenvalue weighted by atomic mass is 16.5. The molecule has 0 aromatic carbocycles. The van der Waals surface area contributed by atoms with Crippen molar-refractivity contribution in [3.05, 3.63) is 11.7 Å². The normalized spacial score (nSPS) is 12.0. The molecule has 2 aliphatic heterocycles. The van der Waals surface area contributed by atoms with E-state index < -0.39 is 0 Å². The van der Waals surface area contributed by atoms with Gasteiger partial charge in [-0.2, -0.15) is 4.98 Å². The van der Waals surface area contributed by atoms with Crippen LogP contribution in [0.3, 0.4) is 0 Å². The predicted molar refractivity (Wildman–Crippen MR) is 36.7 cm³/mol. The summed E-state index contributed by atoms with van der Waals surface area (Å²) in [5.41, 5.74) is 0. The van der Waals surface area contributed by atoms with Gasteiger partial charge in [-0.05, 0) is 21.1 Å². The molecule has 0 saturated heterocycles. The minimum absolute atomic E-state index is 0.769. The van der Waals surface area contributed by atoms with Crippen molar-refractivity contribution in [2.75, 3.05) is 21.1 Å². The Kier molecular flexibility index (Phi) is 2.01. The monoisotopic (exact) mass is 141 g/mol. The van der Waals surface area contributed by atoms with E-state index in [9.17, 15) is 0 Å². The van der Waals surface area contributed by atoms with Gasteiger partial charge in [0.05, 0.1) is 6.42 Å². The van der Waals surface area contributed by atoms with Crippen molar-refractivity contribution in [2.24, 2.45) is 0 Å². The summed E-state index contributed by atoms with van der Waals surface area (Å²) in [6.45, 7) is 0. The van der Waals surface area contributed by atoms with E-state index in [0.717, 1.165) is 18.1 Å². The molecule has 4 heteroatoms. The second kappa shape index (κ2) is 2.79. The lowest BCUT2D eigenvalue weighted by molar-refractivity contribution is 0.410. The molecular formula is C6H11N3O. The van der Waals surface area contributed by atoms with Crippen LogP contribution in [0.4, 0.5) is 0 Å². The molecule has 0 spiro atoms. The smallest absolute Gasteiger partial charge is 0.234 e. The van der Waals surface area contributed by atoms with Crippen molar-refractivity contribution in [3.8, 4) is 0 Å². The Morgan fingerprint density at radius 3 is 2.00 bits per heavy atom. The van der Waals surface area contributed by atoms with Crippen LogP contribution in [0.2, 0.25) is 0 Å². The average Bonchev–Trinajstić information content (AvgIpc) is 2.11. The largest absolute Gasteiger partial charge is 0.339 e. The molecule has 2 bridgehead atoms. The average molecular weight is 141 g/mol. The summed E-state index contributed by atoms with van der Waals surface area (Å²) in [4.78, 5) is 5.78. The Morgan fingerprint density at radius 1 is 1.40 bits per heavy atom. The van der Waals surface area contributed by atoms with E-state index in [0.29, 0.717) is 0 Å². The first-order valence-corrected chi connectivity index (χ1v) is 3.11. The van der Waals surface area contributed by atoms with Crippen molar-refractivity contribution in [1.29, 1.82) is 0 Å². The molecule has 0 atom stereocenters. The third-order valence-electron chi connectivity index (χ3n) is 0.819.